The summed E-state index contributed by atoms with van der Waals surface area (Å²) in [5, 5.41) is 17.6. The smallest absolute Gasteiger partial charge is 0.161 e. The van der Waals surface area contributed by atoms with Crippen molar-refractivity contribution in [2.24, 2.45) is 0 Å². The van der Waals surface area contributed by atoms with Gasteiger partial charge in [0, 0.05) is 25.2 Å². The number of aliphatic hydroxyl groups excluding tert-OH is 1. The summed E-state index contributed by atoms with van der Waals surface area (Å²) in [6.45, 7) is 10.4. The van der Waals surface area contributed by atoms with Crippen LogP contribution in [-0.4, -0.2) is 54.6 Å². The number of hydrogen-bond acceptors (Lipinski definition) is 7. The van der Waals surface area contributed by atoms with Gasteiger partial charge in [-0.05, 0) is 44.5 Å². The molecule has 1 heterocycles. The molecular weight excluding hydrogens is 370 g/mol. The zero-order valence-electron chi connectivity index (χ0n) is 18.4. The van der Waals surface area contributed by atoms with Crippen molar-refractivity contribution < 1.29 is 19.1 Å². The van der Waals surface area contributed by atoms with E-state index in [-0.39, 0.29) is 6.61 Å². The second-order valence-electron chi connectivity index (χ2n) is 7.96. The Balaban J connectivity index is 1.85. The molecule has 0 amide bonds. The number of rotatable bonds is 12. The van der Waals surface area contributed by atoms with Crippen LogP contribution in [0, 0.1) is 0 Å². The molecule has 7 heteroatoms. The summed E-state index contributed by atoms with van der Waals surface area (Å²) in [6, 6.07) is 8.16. The van der Waals surface area contributed by atoms with Crippen LogP contribution in [0.15, 0.2) is 28.8 Å². The summed E-state index contributed by atoms with van der Waals surface area (Å²) in [5.41, 5.74) is 2.03. The lowest BCUT2D eigenvalue weighted by molar-refractivity contribution is 0.0668. The van der Waals surface area contributed by atoms with Crippen molar-refractivity contribution in [3.63, 3.8) is 0 Å². The van der Waals surface area contributed by atoms with Gasteiger partial charge in [-0.2, -0.15) is 0 Å². The van der Waals surface area contributed by atoms with E-state index in [1.165, 1.54) is 0 Å². The van der Waals surface area contributed by atoms with E-state index in [1.54, 1.807) is 7.11 Å². The molecule has 7 nitrogen and oxygen atoms in total. The fourth-order valence-corrected chi connectivity index (χ4v) is 2.74. The van der Waals surface area contributed by atoms with Crippen molar-refractivity contribution in [2.75, 3.05) is 27.3 Å². The predicted molar refractivity (Wildman–Crippen MR) is 113 cm³/mol. The van der Waals surface area contributed by atoms with E-state index < -0.39 is 6.10 Å². The Morgan fingerprint density at radius 1 is 1.14 bits per heavy atom. The van der Waals surface area contributed by atoms with Gasteiger partial charge in [-0.1, -0.05) is 25.1 Å². The average Bonchev–Trinajstić information content (AvgIpc) is 3.16. The molecule has 2 aromatic rings. The third-order valence-electron chi connectivity index (χ3n) is 4.84. The highest BCUT2D eigenvalue weighted by Crippen LogP contribution is 2.28. The van der Waals surface area contributed by atoms with Gasteiger partial charge < -0.3 is 29.3 Å². The molecule has 1 atom stereocenters. The lowest BCUT2D eigenvalue weighted by atomic mass is 10.1. The zero-order chi connectivity index (χ0) is 21.4. The van der Waals surface area contributed by atoms with E-state index in [0.717, 1.165) is 17.0 Å². The lowest BCUT2D eigenvalue weighted by Gasteiger charge is -2.24. The van der Waals surface area contributed by atoms with Crippen LogP contribution in [0.4, 0.5) is 0 Å². The van der Waals surface area contributed by atoms with Crippen LogP contribution in [0.3, 0.4) is 0 Å². The molecule has 0 aliphatic carbocycles. The molecule has 162 valence electrons. The number of nitrogens with one attached hydrogen (secondary N) is 1. The summed E-state index contributed by atoms with van der Waals surface area (Å²) in [5.74, 6) is 2.45. The number of aliphatic hydroxyl groups is 1. The topological polar surface area (TPSA) is 80.0 Å². The van der Waals surface area contributed by atoms with Crippen molar-refractivity contribution in [3.8, 4) is 11.5 Å². The van der Waals surface area contributed by atoms with Crippen LogP contribution < -0.4 is 14.8 Å². The van der Waals surface area contributed by atoms with Gasteiger partial charge in [0.1, 0.15) is 12.7 Å². The minimum Gasteiger partial charge on any atom is -0.493 e. The summed E-state index contributed by atoms with van der Waals surface area (Å²) < 4.78 is 16.6. The monoisotopic (exact) mass is 405 g/mol. The largest absolute Gasteiger partial charge is 0.493 e. The Labute approximate surface area is 174 Å². The fraction of sp³-hybridized carbons (Fsp3) is 0.591. The van der Waals surface area contributed by atoms with Crippen molar-refractivity contribution in [1.82, 2.24) is 15.4 Å². The highest BCUT2D eigenvalue weighted by Gasteiger charge is 2.13. The number of likely N-dealkylation sites (N-methyl/N-ethyl adjacent to an activating group) is 1. The molecule has 0 unspecified atom stereocenters. The molecule has 0 saturated heterocycles. The van der Waals surface area contributed by atoms with Crippen LogP contribution in [-0.2, 0) is 13.1 Å². The molecule has 0 spiro atoms. The highest BCUT2D eigenvalue weighted by atomic mass is 16.5. The first-order valence-electron chi connectivity index (χ1n) is 10.1. The summed E-state index contributed by atoms with van der Waals surface area (Å²) in [7, 11) is 3.60. The standard InChI is InChI=1S/C22H35N3O4/c1-15(2)20-10-19(29-24-20)12-23-11-17-7-8-21(22(9-17)27-6)28-14-18(26)13-25(5)16(3)4/h7-10,15-16,18,23,26H,11-14H2,1-6H3/t18-/m0/s1. The second kappa shape index (κ2) is 11.2. The molecule has 0 radical (unpaired) electrons. The van der Waals surface area contributed by atoms with Gasteiger partial charge in [-0.3, -0.25) is 0 Å². The highest BCUT2D eigenvalue weighted by molar-refractivity contribution is 5.43. The Morgan fingerprint density at radius 3 is 2.52 bits per heavy atom. The predicted octanol–water partition coefficient (Wildman–Crippen LogP) is 3.18. The summed E-state index contributed by atoms with van der Waals surface area (Å²) in [4.78, 5) is 2.08. The van der Waals surface area contributed by atoms with E-state index in [2.05, 4.69) is 43.1 Å². The number of methoxy groups -OCH3 is 1. The van der Waals surface area contributed by atoms with Gasteiger partial charge in [0.25, 0.3) is 0 Å². The minimum atomic E-state index is -0.564. The van der Waals surface area contributed by atoms with Gasteiger partial charge >= 0.3 is 0 Å². The van der Waals surface area contributed by atoms with Crippen molar-refractivity contribution >= 4 is 0 Å². The Bertz CT molecular complexity index is 745. The van der Waals surface area contributed by atoms with E-state index in [4.69, 9.17) is 14.0 Å². The van der Waals surface area contributed by atoms with E-state index in [9.17, 15) is 5.11 Å². The maximum atomic E-state index is 10.2. The average molecular weight is 406 g/mol. The number of benzene rings is 1. The number of nitrogens with zero attached hydrogens (tertiary/aromatic N) is 2. The Kier molecular flexibility index (Phi) is 8.95. The number of aromatic nitrogens is 1. The lowest BCUT2D eigenvalue weighted by Crippen LogP contribution is -2.36. The van der Waals surface area contributed by atoms with Gasteiger partial charge in [-0.25, -0.2) is 0 Å². The van der Waals surface area contributed by atoms with Gasteiger partial charge in [-0.15, -0.1) is 0 Å². The second-order valence-corrected chi connectivity index (χ2v) is 7.96. The maximum Gasteiger partial charge on any atom is 0.161 e. The molecule has 2 N–H and O–H groups in total. The molecule has 29 heavy (non-hydrogen) atoms. The first-order valence-corrected chi connectivity index (χ1v) is 10.1. The summed E-state index contributed by atoms with van der Waals surface area (Å²) in [6.07, 6.45) is -0.564. The molecule has 0 saturated carbocycles. The summed E-state index contributed by atoms with van der Waals surface area (Å²) >= 11 is 0. The van der Waals surface area contributed by atoms with Gasteiger partial charge in [0.05, 0.1) is 19.3 Å². The van der Waals surface area contributed by atoms with Crippen LogP contribution in [0.5, 0.6) is 11.5 Å². The molecule has 1 aromatic heterocycles. The normalized spacial score (nSPS) is 12.8. The van der Waals surface area contributed by atoms with Gasteiger partial charge in [0.2, 0.25) is 0 Å². The van der Waals surface area contributed by atoms with Crippen molar-refractivity contribution in [1.29, 1.82) is 0 Å². The van der Waals surface area contributed by atoms with E-state index >= 15 is 0 Å². The molecule has 0 aliphatic rings. The Morgan fingerprint density at radius 2 is 1.90 bits per heavy atom. The number of ether oxygens (including phenoxy) is 2. The number of hydrogen-bond donors (Lipinski definition) is 2. The molecule has 2 rings (SSSR count). The van der Waals surface area contributed by atoms with E-state index in [1.807, 2.05) is 31.3 Å². The van der Waals surface area contributed by atoms with Crippen LogP contribution in [0.1, 0.15) is 50.6 Å². The molecular formula is C22H35N3O4. The van der Waals surface area contributed by atoms with E-state index in [0.29, 0.717) is 43.1 Å². The minimum absolute atomic E-state index is 0.217. The van der Waals surface area contributed by atoms with Crippen LogP contribution >= 0.6 is 0 Å². The third-order valence-corrected chi connectivity index (χ3v) is 4.84. The fourth-order valence-electron chi connectivity index (χ4n) is 2.74. The van der Waals surface area contributed by atoms with Gasteiger partial charge in [0.15, 0.2) is 17.3 Å². The zero-order valence-corrected chi connectivity index (χ0v) is 18.4. The Hall–Kier alpha value is -2.09. The molecule has 0 fully saturated rings. The van der Waals surface area contributed by atoms with Crippen molar-refractivity contribution in [2.45, 2.75) is 58.8 Å². The maximum absolute atomic E-state index is 10.2. The van der Waals surface area contributed by atoms with Crippen LogP contribution in [0.2, 0.25) is 0 Å². The molecule has 0 aliphatic heterocycles. The molecule has 0 bridgehead atoms. The molecule has 1 aromatic carbocycles. The van der Waals surface area contributed by atoms with Crippen molar-refractivity contribution in [3.05, 3.63) is 41.3 Å². The SMILES string of the molecule is COc1cc(CNCc2cc(C(C)C)no2)ccc1OC[C@@H](O)CN(C)C(C)C. The first-order chi connectivity index (χ1) is 13.8. The van der Waals surface area contributed by atoms with Crippen LogP contribution in [0.25, 0.3) is 0 Å². The quantitative estimate of drug-likeness (QED) is 0.561. The third kappa shape index (κ3) is 7.34. The first kappa shape index (κ1) is 23.2.